The van der Waals surface area contributed by atoms with Gasteiger partial charge in [-0.3, -0.25) is 4.79 Å². The lowest BCUT2D eigenvalue weighted by Gasteiger charge is -2.20. The second kappa shape index (κ2) is 9.55. The fourth-order valence-corrected chi connectivity index (χ4v) is 1.54. The lowest BCUT2D eigenvalue weighted by Crippen LogP contribution is -2.45. The summed E-state index contributed by atoms with van der Waals surface area (Å²) in [5, 5.41) is 12.2. The van der Waals surface area contributed by atoms with E-state index < -0.39 is 18.1 Å². The molecule has 0 rings (SSSR count). The molecule has 2 atom stereocenters. The summed E-state index contributed by atoms with van der Waals surface area (Å²) in [5.74, 6) is -0.902. The van der Waals surface area contributed by atoms with Crippen molar-refractivity contribution < 1.29 is 19.4 Å². The number of methoxy groups -OCH3 is 1. The van der Waals surface area contributed by atoms with Crippen LogP contribution in [-0.2, 0) is 14.3 Å². The molecule has 0 saturated carbocycles. The van der Waals surface area contributed by atoms with Crippen molar-refractivity contribution in [2.75, 3.05) is 7.11 Å². The average molecular weight is 271 g/mol. The van der Waals surface area contributed by atoms with E-state index in [4.69, 9.17) is 0 Å². The van der Waals surface area contributed by atoms with E-state index in [2.05, 4.69) is 10.1 Å². The molecule has 0 radical (unpaired) electrons. The van der Waals surface area contributed by atoms with Gasteiger partial charge in [-0.05, 0) is 12.3 Å². The van der Waals surface area contributed by atoms with Crippen molar-refractivity contribution in [3.8, 4) is 0 Å². The van der Waals surface area contributed by atoms with E-state index in [0.717, 1.165) is 12.8 Å². The highest BCUT2D eigenvalue weighted by Gasteiger charge is 2.25. The number of carbonyl (C=O) groups excluding carboxylic acids is 2. The van der Waals surface area contributed by atoms with Gasteiger partial charge in [0.05, 0.1) is 19.6 Å². The van der Waals surface area contributed by atoms with Crippen LogP contribution in [0.25, 0.3) is 0 Å². The van der Waals surface area contributed by atoms with Crippen LogP contribution < -0.4 is 5.32 Å². The minimum atomic E-state index is -0.822. The molecule has 0 saturated heterocycles. The molecule has 0 heterocycles. The van der Waals surface area contributed by atoms with Gasteiger partial charge in [-0.15, -0.1) is 0 Å². The maximum absolute atomic E-state index is 11.7. The first-order valence-electron chi connectivity index (χ1n) is 6.64. The number of allylic oxidation sites excluding steroid dienone is 1. The number of amides is 1. The van der Waals surface area contributed by atoms with Crippen molar-refractivity contribution in [1.82, 2.24) is 5.32 Å². The van der Waals surface area contributed by atoms with Crippen LogP contribution in [0.2, 0.25) is 0 Å². The summed E-state index contributed by atoms with van der Waals surface area (Å²) in [6.07, 6.45) is 4.43. The Morgan fingerprint density at radius 1 is 1.37 bits per heavy atom. The molecule has 0 fully saturated rings. The van der Waals surface area contributed by atoms with Crippen LogP contribution >= 0.6 is 0 Å². The van der Waals surface area contributed by atoms with Crippen LogP contribution in [0.4, 0.5) is 0 Å². The third kappa shape index (κ3) is 7.62. The zero-order valence-corrected chi connectivity index (χ0v) is 12.2. The largest absolute Gasteiger partial charge is 0.467 e. The van der Waals surface area contributed by atoms with E-state index in [0.29, 0.717) is 0 Å². The molecule has 1 unspecified atom stereocenters. The Labute approximate surface area is 115 Å². The molecular weight excluding hydrogens is 246 g/mol. The zero-order valence-electron chi connectivity index (χ0n) is 12.2. The topological polar surface area (TPSA) is 75.6 Å². The maximum Gasteiger partial charge on any atom is 0.328 e. The van der Waals surface area contributed by atoms with E-state index in [1.807, 2.05) is 26.8 Å². The number of esters is 1. The number of hydrogen-bond donors (Lipinski definition) is 2. The molecule has 2 N–H and O–H groups in total. The summed E-state index contributed by atoms with van der Waals surface area (Å²) < 4.78 is 4.63. The fraction of sp³-hybridized carbons (Fsp3) is 0.714. The van der Waals surface area contributed by atoms with Gasteiger partial charge in [0.25, 0.3) is 0 Å². The average Bonchev–Trinajstić information content (AvgIpc) is 2.35. The van der Waals surface area contributed by atoms with Gasteiger partial charge in [0.15, 0.2) is 0 Å². The highest BCUT2D eigenvalue weighted by atomic mass is 16.5. The standard InChI is InChI=1S/C14H25NO4/c1-5-6-7-8-11(16)9-12(17)15-13(10(2)3)14(18)19-4/h7-8,10-11,13,16H,5-6,9H2,1-4H3,(H,15,17)/b8-7+/t11?,13-/m0/s1. The van der Waals surface area contributed by atoms with Crippen LogP contribution in [0, 0.1) is 5.92 Å². The van der Waals surface area contributed by atoms with Gasteiger partial charge in [0.1, 0.15) is 6.04 Å². The van der Waals surface area contributed by atoms with E-state index in [1.165, 1.54) is 7.11 Å². The van der Waals surface area contributed by atoms with Crippen molar-refractivity contribution in [1.29, 1.82) is 0 Å². The summed E-state index contributed by atoms with van der Waals surface area (Å²) >= 11 is 0. The minimum absolute atomic E-state index is 0.0551. The third-order valence-corrected chi connectivity index (χ3v) is 2.65. The lowest BCUT2D eigenvalue weighted by atomic mass is 10.0. The monoisotopic (exact) mass is 271 g/mol. The van der Waals surface area contributed by atoms with Crippen molar-refractivity contribution >= 4 is 11.9 Å². The Kier molecular flexibility index (Phi) is 8.87. The van der Waals surface area contributed by atoms with Crippen molar-refractivity contribution in [3.05, 3.63) is 12.2 Å². The molecular formula is C14H25NO4. The number of aliphatic hydroxyl groups excluding tert-OH is 1. The van der Waals surface area contributed by atoms with Gasteiger partial charge in [0.2, 0.25) is 5.91 Å². The second-order valence-corrected chi connectivity index (χ2v) is 4.80. The number of aliphatic hydroxyl groups is 1. The molecule has 5 nitrogen and oxygen atoms in total. The first-order valence-corrected chi connectivity index (χ1v) is 6.64. The van der Waals surface area contributed by atoms with E-state index in [9.17, 15) is 14.7 Å². The Hall–Kier alpha value is -1.36. The third-order valence-electron chi connectivity index (χ3n) is 2.65. The fourth-order valence-electron chi connectivity index (χ4n) is 1.54. The molecule has 0 aliphatic rings. The highest BCUT2D eigenvalue weighted by molar-refractivity contribution is 5.84. The predicted molar refractivity (Wildman–Crippen MR) is 73.5 cm³/mol. The van der Waals surface area contributed by atoms with E-state index >= 15 is 0 Å². The van der Waals surface area contributed by atoms with E-state index in [1.54, 1.807) is 6.08 Å². The van der Waals surface area contributed by atoms with Crippen molar-refractivity contribution in [3.63, 3.8) is 0 Å². The number of hydrogen-bond acceptors (Lipinski definition) is 4. The van der Waals surface area contributed by atoms with Crippen molar-refractivity contribution in [2.45, 2.75) is 52.2 Å². The van der Waals surface area contributed by atoms with Gasteiger partial charge >= 0.3 is 5.97 Å². The molecule has 0 aliphatic carbocycles. The molecule has 0 bridgehead atoms. The first-order chi connectivity index (χ1) is 8.92. The van der Waals surface area contributed by atoms with Crippen molar-refractivity contribution in [2.24, 2.45) is 5.92 Å². The van der Waals surface area contributed by atoms with Crippen LogP contribution in [0.1, 0.15) is 40.0 Å². The number of rotatable bonds is 8. The van der Waals surface area contributed by atoms with Gasteiger partial charge in [-0.1, -0.05) is 39.3 Å². The van der Waals surface area contributed by atoms with Crippen LogP contribution in [0.3, 0.4) is 0 Å². The molecule has 110 valence electrons. The molecule has 19 heavy (non-hydrogen) atoms. The Morgan fingerprint density at radius 2 is 2.00 bits per heavy atom. The first kappa shape index (κ1) is 17.6. The smallest absolute Gasteiger partial charge is 0.328 e. The van der Waals surface area contributed by atoms with Crippen LogP contribution in [-0.4, -0.2) is 36.2 Å². The number of carbonyl (C=O) groups is 2. The van der Waals surface area contributed by atoms with E-state index in [-0.39, 0.29) is 18.2 Å². The highest BCUT2D eigenvalue weighted by Crippen LogP contribution is 2.05. The number of nitrogens with one attached hydrogen (secondary N) is 1. The Morgan fingerprint density at radius 3 is 2.47 bits per heavy atom. The predicted octanol–water partition coefficient (Wildman–Crippen LogP) is 1.41. The maximum atomic E-state index is 11.7. The quantitative estimate of drug-likeness (QED) is 0.517. The second-order valence-electron chi connectivity index (χ2n) is 4.80. The Bertz CT molecular complexity index is 313. The summed E-state index contributed by atoms with van der Waals surface area (Å²) in [6.45, 7) is 5.67. The molecule has 1 amide bonds. The summed E-state index contributed by atoms with van der Waals surface area (Å²) in [5.41, 5.74) is 0. The van der Waals surface area contributed by atoms with Gasteiger partial charge in [0, 0.05) is 0 Å². The van der Waals surface area contributed by atoms with Gasteiger partial charge in [-0.25, -0.2) is 4.79 Å². The summed E-state index contributed by atoms with van der Waals surface area (Å²) in [7, 11) is 1.28. The lowest BCUT2D eigenvalue weighted by molar-refractivity contribution is -0.146. The summed E-state index contributed by atoms with van der Waals surface area (Å²) in [6, 6.07) is -0.677. The SMILES string of the molecule is CCC/C=C/C(O)CC(=O)N[C@H](C(=O)OC)C(C)C. The summed E-state index contributed by atoms with van der Waals surface area (Å²) in [4.78, 5) is 23.2. The van der Waals surface area contributed by atoms with Crippen LogP contribution in [0.5, 0.6) is 0 Å². The molecule has 5 heteroatoms. The van der Waals surface area contributed by atoms with Gasteiger partial charge < -0.3 is 15.2 Å². The van der Waals surface area contributed by atoms with Gasteiger partial charge in [-0.2, -0.15) is 0 Å². The number of unbranched alkanes of at least 4 members (excludes halogenated alkanes) is 1. The number of ether oxygens (including phenoxy) is 1. The zero-order chi connectivity index (χ0) is 14.8. The molecule has 0 aromatic heterocycles. The molecule has 0 aromatic rings. The minimum Gasteiger partial charge on any atom is -0.467 e. The van der Waals surface area contributed by atoms with Crippen LogP contribution in [0.15, 0.2) is 12.2 Å². The molecule has 0 aromatic carbocycles. The molecule has 0 aliphatic heterocycles. The normalized spacial score (nSPS) is 14.4. The Balaban J connectivity index is 4.30. The molecule has 0 spiro atoms.